The Kier molecular flexibility index (Phi) is 4.53. The van der Waals surface area contributed by atoms with Gasteiger partial charge in [-0.3, -0.25) is 4.79 Å². The topological polar surface area (TPSA) is 87.1 Å². The van der Waals surface area contributed by atoms with E-state index in [1.54, 1.807) is 24.3 Å². The SMILES string of the molecule is CCC(C#N)CC(C(=O)O)c1ccc(N)cc1. The summed E-state index contributed by atoms with van der Waals surface area (Å²) in [5.41, 5.74) is 6.85. The zero-order valence-corrected chi connectivity index (χ0v) is 9.76. The Morgan fingerprint density at radius 1 is 1.47 bits per heavy atom. The van der Waals surface area contributed by atoms with E-state index in [-0.39, 0.29) is 5.92 Å². The van der Waals surface area contributed by atoms with Crippen LogP contribution in [0.2, 0.25) is 0 Å². The Balaban J connectivity index is 2.90. The average molecular weight is 232 g/mol. The molecule has 0 saturated heterocycles. The second-order valence-electron chi connectivity index (χ2n) is 4.03. The van der Waals surface area contributed by atoms with Gasteiger partial charge in [0.05, 0.1) is 12.0 Å². The summed E-state index contributed by atoms with van der Waals surface area (Å²) in [6, 6.07) is 8.90. The number of carboxylic acids is 1. The number of nitriles is 1. The van der Waals surface area contributed by atoms with Crippen LogP contribution in [0.4, 0.5) is 5.69 Å². The van der Waals surface area contributed by atoms with Gasteiger partial charge in [-0.15, -0.1) is 0 Å². The van der Waals surface area contributed by atoms with Gasteiger partial charge in [0.1, 0.15) is 0 Å². The van der Waals surface area contributed by atoms with Crippen LogP contribution in [-0.2, 0) is 4.79 Å². The summed E-state index contributed by atoms with van der Waals surface area (Å²) in [5.74, 6) is -1.77. The van der Waals surface area contributed by atoms with E-state index in [2.05, 4.69) is 6.07 Å². The first kappa shape index (κ1) is 13.0. The fourth-order valence-corrected chi connectivity index (χ4v) is 1.70. The second-order valence-corrected chi connectivity index (χ2v) is 4.03. The molecule has 4 heteroatoms. The number of nitrogen functional groups attached to an aromatic ring is 1. The molecule has 0 spiro atoms. The molecule has 1 rings (SSSR count). The van der Waals surface area contributed by atoms with Gasteiger partial charge in [0.15, 0.2) is 0 Å². The third-order valence-electron chi connectivity index (χ3n) is 2.83. The first-order valence-corrected chi connectivity index (χ1v) is 5.56. The summed E-state index contributed by atoms with van der Waals surface area (Å²) in [6.07, 6.45) is 1.00. The van der Waals surface area contributed by atoms with Gasteiger partial charge in [0, 0.05) is 11.6 Å². The zero-order valence-electron chi connectivity index (χ0n) is 9.76. The summed E-state index contributed by atoms with van der Waals surface area (Å²) in [5, 5.41) is 18.1. The van der Waals surface area contributed by atoms with Crippen molar-refractivity contribution in [3.63, 3.8) is 0 Å². The molecule has 0 fully saturated rings. The van der Waals surface area contributed by atoms with E-state index >= 15 is 0 Å². The Labute approximate surface area is 101 Å². The van der Waals surface area contributed by atoms with Gasteiger partial charge in [-0.1, -0.05) is 19.1 Å². The molecule has 3 N–H and O–H groups in total. The zero-order chi connectivity index (χ0) is 12.8. The van der Waals surface area contributed by atoms with Crippen molar-refractivity contribution in [1.82, 2.24) is 0 Å². The van der Waals surface area contributed by atoms with Crippen molar-refractivity contribution in [3.8, 4) is 6.07 Å². The molecule has 1 aromatic rings. The Morgan fingerprint density at radius 3 is 2.47 bits per heavy atom. The number of aliphatic carboxylic acids is 1. The van der Waals surface area contributed by atoms with Crippen LogP contribution in [-0.4, -0.2) is 11.1 Å². The molecule has 0 amide bonds. The van der Waals surface area contributed by atoms with Crippen molar-refractivity contribution in [2.24, 2.45) is 5.92 Å². The van der Waals surface area contributed by atoms with Gasteiger partial charge in [-0.25, -0.2) is 0 Å². The molecule has 0 aromatic heterocycles. The Bertz CT molecular complexity index is 420. The first-order chi connectivity index (χ1) is 8.08. The number of rotatable bonds is 5. The minimum absolute atomic E-state index is 0.228. The molecule has 0 aliphatic carbocycles. The van der Waals surface area contributed by atoms with Gasteiger partial charge < -0.3 is 10.8 Å². The normalized spacial score (nSPS) is 13.6. The highest BCUT2D eigenvalue weighted by atomic mass is 16.4. The summed E-state index contributed by atoms with van der Waals surface area (Å²) in [7, 11) is 0. The van der Waals surface area contributed by atoms with E-state index in [4.69, 9.17) is 11.0 Å². The lowest BCUT2D eigenvalue weighted by Gasteiger charge is -2.15. The van der Waals surface area contributed by atoms with Gasteiger partial charge in [0.2, 0.25) is 0 Å². The maximum absolute atomic E-state index is 11.2. The fourth-order valence-electron chi connectivity index (χ4n) is 1.70. The van der Waals surface area contributed by atoms with Crippen LogP contribution in [0.5, 0.6) is 0 Å². The lowest BCUT2D eigenvalue weighted by Crippen LogP contribution is -2.15. The van der Waals surface area contributed by atoms with E-state index in [0.717, 1.165) is 0 Å². The molecule has 2 atom stereocenters. The number of carbonyl (C=O) groups is 1. The monoisotopic (exact) mass is 232 g/mol. The molecule has 2 unspecified atom stereocenters. The maximum atomic E-state index is 11.2. The smallest absolute Gasteiger partial charge is 0.311 e. The maximum Gasteiger partial charge on any atom is 0.311 e. The fraction of sp³-hybridized carbons (Fsp3) is 0.385. The highest BCUT2D eigenvalue weighted by Gasteiger charge is 2.23. The van der Waals surface area contributed by atoms with Crippen LogP contribution in [0.15, 0.2) is 24.3 Å². The molecule has 1 aromatic carbocycles. The Morgan fingerprint density at radius 2 is 2.06 bits per heavy atom. The summed E-state index contributed by atoms with van der Waals surface area (Å²) in [4.78, 5) is 11.2. The molecule has 4 nitrogen and oxygen atoms in total. The number of benzene rings is 1. The van der Waals surface area contributed by atoms with Crippen LogP contribution < -0.4 is 5.73 Å². The van der Waals surface area contributed by atoms with Crippen LogP contribution >= 0.6 is 0 Å². The van der Waals surface area contributed by atoms with Gasteiger partial charge in [0.25, 0.3) is 0 Å². The average Bonchev–Trinajstić information content (AvgIpc) is 2.32. The van der Waals surface area contributed by atoms with E-state index in [0.29, 0.717) is 24.1 Å². The van der Waals surface area contributed by atoms with E-state index in [1.807, 2.05) is 6.92 Å². The third kappa shape index (κ3) is 3.49. The predicted octanol–water partition coefficient (Wildman–Crippen LogP) is 2.38. The minimum atomic E-state index is -0.900. The van der Waals surface area contributed by atoms with Crippen molar-refractivity contribution >= 4 is 11.7 Å². The summed E-state index contributed by atoms with van der Waals surface area (Å²) >= 11 is 0. The highest BCUT2D eigenvalue weighted by molar-refractivity contribution is 5.76. The number of anilines is 1. The molecule has 0 heterocycles. The van der Waals surface area contributed by atoms with E-state index in [1.165, 1.54) is 0 Å². The van der Waals surface area contributed by atoms with Crippen LogP contribution in [0.1, 0.15) is 31.2 Å². The van der Waals surface area contributed by atoms with Crippen molar-refractivity contribution in [2.45, 2.75) is 25.7 Å². The highest BCUT2D eigenvalue weighted by Crippen LogP contribution is 2.26. The Hall–Kier alpha value is -2.02. The van der Waals surface area contributed by atoms with Crippen molar-refractivity contribution in [1.29, 1.82) is 5.26 Å². The van der Waals surface area contributed by atoms with Crippen LogP contribution in [0, 0.1) is 17.2 Å². The molecule has 0 saturated carbocycles. The van der Waals surface area contributed by atoms with Crippen molar-refractivity contribution in [3.05, 3.63) is 29.8 Å². The van der Waals surface area contributed by atoms with Gasteiger partial charge >= 0.3 is 5.97 Å². The largest absolute Gasteiger partial charge is 0.481 e. The standard InChI is InChI=1S/C13H16N2O2/c1-2-9(8-14)7-12(13(16)17)10-3-5-11(15)6-4-10/h3-6,9,12H,2,7,15H2,1H3,(H,16,17). The molecule has 0 radical (unpaired) electrons. The lowest BCUT2D eigenvalue weighted by molar-refractivity contribution is -0.139. The number of carboxylic acid groups (broad SMARTS) is 1. The number of hydrogen-bond donors (Lipinski definition) is 2. The van der Waals surface area contributed by atoms with Crippen LogP contribution in [0.3, 0.4) is 0 Å². The summed E-state index contributed by atoms with van der Waals surface area (Å²) in [6.45, 7) is 1.88. The number of nitrogens with two attached hydrogens (primary N) is 1. The predicted molar refractivity (Wildman–Crippen MR) is 65.2 cm³/mol. The molecule has 0 aliphatic rings. The van der Waals surface area contributed by atoms with E-state index in [9.17, 15) is 9.90 Å². The second kappa shape index (κ2) is 5.90. The van der Waals surface area contributed by atoms with E-state index < -0.39 is 11.9 Å². The summed E-state index contributed by atoms with van der Waals surface area (Å²) < 4.78 is 0. The lowest BCUT2D eigenvalue weighted by atomic mass is 9.88. The van der Waals surface area contributed by atoms with Gasteiger partial charge in [-0.05, 0) is 30.5 Å². The molecular formula is C13H16N2O2. The molecule has 90 valence electrons. The third-order valence-corrected chi connectivity index (χ3v) is 2.83. The quantitative estimate of drug-likeness (QED) is 0.763. The van der Waals surface area contributed by atoms with Crippen molar-refractivity contribution in [2.75, 3.05) is 5.73 Å². The number of hydrogen-bond acceptors (Lipinski definition) is 3. The number of nitrogens with zero attached hydrogens (tertiary/aromatic N) is 1. The molecule has 17 heavy (non-hydrogen) atoms. The van der Waals surface area contributed by atoms with Crippen molar-refractivity contribution < 1.29 is 9.90 Å². The molecule has 0 bridgehead atoms. The van der Waals surface area contributed by atoms with Crippen LogP contribution in [0.25, 0.3) is 0 Å². The minimum Gasteiger partial charge on any atom is -0.481 e. The molecular weight excluding hydrogens is 216 g/mol. The molecule has 0 aliphatic heterocycles. The van der Waals surface area contributed by atoms with Gasteiger partial charge in [-0.2, -0.15) is 5.26 Å². The first-order valence-electron chi connectivity index (χ1n) is 5.56.